The highest BCUT2D eigenvalue weighted by Crippen LogP contribution is 2.38. The predicted molar refractivity (Wildman–Crippen MR) is 108 cm³/mol. The van der Waals surface area contributed by atoms with Crippen LogP contribution in [0.4, 0.5) is 5.82 Å². The number of aromatic nitrogens is 3. The highest BCUT2D eigenvalue weighted by atomic mass is 32.1. The minimum Gasteiger partial charge on any atom is -0.548 e. The van der Waals surface area contributed by atoms with Gasteiger partial charge in [-0.3, -0.25) is 0 Å². The zero-order valence-corrected chi connectivity index (χ0v) is 16.0. The topological polar surface area (TPSA) is 93.7 Å². The molecular formula is C21H19N4O2S-. The first kappa shape index (κ1) is 17.2. The summed E-state index contributed by atoms with van der Waals surface area (Å²) < 4.78 is 0. The summed E-state index contributed by atoms with van der Waals surface area (Å²) in [6.07, 6.45) is 8.08. The number of hydrogen-bond donors (Lipinski definition) is 2. The first-order chi connectivity index (χ1) is 13.7. The lowest BCUT2D eigenvalue weighted by atomic mass is 9.97. The fourth-order valence-electron chi connectivity index (χ4n) is 4.08. The molecule has 1 aliphatic rings. The highest BCUT2D eigenvalue weighted by Gasteiger charge is 2.22. The van der Waals surface area contributed by atoms with Crippen molar-refractivity contribution >= 4 is 44.2 Å². The second-order valence-corrected chi connectivity index (χ2v) is 8.28. The number of carboxylic acid groups (broad SMARTS) is 1. The Morgan fingerprint density at radius 2 is 2.11 bits per heavy atom. The van der Waals surface area contributed by atoms with Crippen LogP contribution >= 0.6 is 11.3 Å². The number of H-pyrrole nitrogens is 1. The molecule has 6 nitrogen and oxygen atoms in total. The van der Waals surface area contributed by atoms with Gasteiger partial charge in [0.15, 0.2) is 0 Å². The Balaban J connectivity index is 1.51. The Morgan fingerprint density at radius 1 is 1.25 bits per heavy atom. The van der Waals surface area contributed by atoms with E-state index in [2.05, 4.69) is 20.3 Å². The standard InChI is InChI=1S/C21H20N4O2S/c26-21(27)16(9-12-10-22-15-7-3-1-5-13(12)15)25-19-18-14-6-2-4-8-17(14)28-20(18)24-11-23-19/h1,3,5,7,10-11,16,22H,2,4,6,8-9H2,(H,26,27)(H,23,24,25)/p-1/t16-/m1/s1. The maximum atomic E-state index is 11.9. The van der Waals surface area contributed by atoms with Gasteiger partial charge in [0.2, 0.25) is 0 Å². The molecule has 0 amide bonds. The van der Waals surface area contributed by atoms with Gasteiger partial charge in [-0.05, 0) is 42.9 Å². The number of carbonyl (C=O) groups is 1. The van der Waals surface area contributed by atoms with Crippen LogP contribution in [0.1, 0.15) is 28.8 Å². The van der Waals surface area contributed by atoms with Crippen molar-refractivity contribution < 1.29 is 9.90 Å². The average Bonchev–Trinajstić information content (AvgIpc) is 3.29. The molecule has 28 heavy (non-hydrogen) atoms. The Kier molecular flexibility index (Phi) is 4.24. The number of fused-ring (bicyclic) bond motifs is 4. The van der Waals surface area contributed by atoms with Gasteiger partial charge in [0.25, 0.3) is 0 Å². The summed E-state index contributed by atoms with van der Waals surface area (Å²) in [5.74, 6) is -0.542. The number of carbonyl (C=O) groups excluding carboxylic acids is 1. The fourth-order valence-corrected chi connectivity index (χ4v) is 5.31. The molecule has 0 spiro atoms. The average molecular weight is 391 g/mol. The molecule has 3 aromatic heterocycles. The number of benzene rings is 1. The number of anilines is 1. The van der Waals surface area contributed by atoms with Crippen molar-refractivity contribution in [1.29, 1.82) is 0 Å². The number of aromatic amines is 1. The number of thiophene rings is 1. The van der Waals surface area contributed by atoms with Crippen molar-refractivity contribution in [3.8, 4) is 0 Å². The molecule has 0 saturated carbocycles. The molecule has 1 aromatic carbocycles. The van der Waals surface area contributed by atoms with E-state index in [1.54, 1.807) is 11.3 Å². The minimum atomic E-state index is -1.14. The molecule has 4 aromatic rings. The van der Waals surface area contributed by atoms with Gasteiger partial charge < -0.3 is 20.2 Å². The van der Waals surface area contributed by atoms with Crippen molar-refractivity contribution in [1.82, 2.24) is 15.0 Å². The van der Waals surface area contributed by atoms with Gasteiger partial charge in [-0.15, -0.1) is 11.3 Å². The van der Waals surface area contributed by atoms with Crippen molar-refractivity contribution in [2.75, 3.05) is 5.32 Å². The molecule has 1 aliphatic carbocycles. The van der Waals surface area contributed by atoms with Crippen molar-refractivity contribution in [2.24, 2.45) is 0 Å². The lowest BCUT2D eigenvalue weighted by Crippen LogP contribution is -2.42. The van der Waals surface area contributed by atoms with Gasteiger partial charge in [-0.25, -0.2) is 9.97 Å². The van der Waals surface area contributed by atoms with Gasteiger partial charge in [0, 0.05) is 28.4 Å². The van der Waals surface area contributed by atoms with E-state index in [4.69, 9.17) is 0 Å². The zero-order chi connectivity index (χ0) is 19.1. The molecule has 2 N–H and O–H groups in total. The van der Waals surface area contributed by atoms with Crippen LogP contribution in [0.2, 0.25) is 0 Å². The summed E-state index contributed by atoms with van der Waals surface area (Å²) in [4.78, 5) is 26.2. The van der Waals surface area contributed by atoms with E-state index in [1.807, 2.05) is 30.5 Å². The third kappa shape index (κ3) is 2.92. The highest BCUT2D eigenvalue weighted by molar-refractivity contribution is 7.19. The fraction of sp³-hybridized carbons (Fsp3) is 0.286. The molecule has 142 valence electrons. The number of para-hydroxylation sites is 1. The zero-order valence-electron chi connectivity index (χ0n) is 15.2. The van der Waals surface area contributed by atoms with Crippen LogP contribution in [0.25, 0.3) is 21.1 Å². The number of nitrogens with one attached hydrogen (secondary N) is 2. The summed E-state index contributed by atoms with van der Waals surface area (Å²) >= 11 is 1.70. The molecule has 1 atom stereocenters. The van der Waals surface area contributed by atoms with Crippen LogP contribution in [0.3, 0.4) is 0 Å². The van der Waals surface area contributed by atoms with Crippen molar-refractivity contribution in [2.45, 2.75) is 38.1 Å². The first-order valence-corrected chi connectivity index (χ1v) is 10.3. The summed E-state index contributed by atoms with van der Waals surface area (Å²) in [5, 5.41) is 17.0. The van der Waals surface area contributed by atoms with Gasteiger partial charge in [-0.1, -0.05) is 18.2 Å². The summed E-state index contributed by atoms with van der Waals surface area (Å²) in [6, 6.07) is 7.00. The van der Waals surface area contributed by atoms with Crippen LogP contribution in [0.15, 0.2) is 36.8 Å². The van der Waals surface area contributed by atoms with Crippen LogP contribution in [-0.2, 0) is 24.1 Å². The van der Waals surface area contributed by atoms with E-state index >= 15 is 0 Å². The second kappa shape index (κ2) is 6.91. The Labute approximate surface area is 165 Å². The summed E-state index contributed by atoms with van der Waals surface area (Å²) in [5.41, 5.74) is 3.21. The minimum absolute atomic E-state index is 0.310. The number of aliphatic carboxylic acids is 1. The SMILES string of the molecule is O=C([O-])[C@@H](Cc1c[nH]c2ccccc12)Nc1ncnc2sc3c(c12)CCCC3. The first-order valence-electron chi connectivity index (χ1n) is 9.48. The molecule has 0 aliphatic heterocycles. The monoisotopic (exact) mass is 391 g/mol. The van der Waals surface area contributed by atoms with E-state index in [0.29, 0.717) is 12.2 Å². The molecule has 0 saturated heterocycles. The van der Waals surface area contributed by atoms with Crippen LogP contribution in [0.5, 0.6) is 0 Å². The summed E-state index contributed by atoms with van der Waals surface area (Å²) in [7, 11) is 0. The Morgan fingerprint density at radius 3 is 3.00 bits per heavy atom. The summed E-state index contributed by atoms with van der Waals surface area (Å²) in [6.45, 7) is 0. The number of nitrogens with zero attached hydrogens (tertiary/aromatic N) is 2. The van der Waals surface area contributed by atoms with Crippen molar-refractivity contribution in [3.05, 3.63) is 52.8 Å². The molecule has 5 rings (SSSR count). The quantitative estimate of drug-likeness (QED) is 0.546. The molecule has 0 unspecified atom stereocenters. The van der Waals surface area contributed by atoms with Gasteiger partial charge in [0.1, 0.15) is 17.0 Å². The molecular weight excluding hydrogens is 372 g/mol. The Hall–Kier alpha value is -2.93. The maximum absolute atomic E-state index is 11.9. The lowest BCUT2D eigenvalue weighted by Gasteiger charge is -2.21. The third-order valence-corrected chi connectivity index (χ3v) is 6.65. The number of aryl methyl sites for hydroxylation is 2. The lowest BCUT2D eigenvalue weighted by molar-refractivity contribution is -0.306. The normalized spacial score (nSPS) is 14.9. The van der Waals surface area contributed by atoms with Gasteiger partial charge in [0.05, 0.1) is 17.4 Å². The van der Waals surface area contributed by atoms with Crippen LogP contribution in [0, 0.1) is 0 Å². The maximum Gasteiger partial charge on any atom is 0.138 e. The van der Waals surface area contributed by atoms with Crippen molar-refractivity contribution in [3.63, 3.8) is 0 Å². The largest absolute Gasteiger partial charge is 0.548 e. The second-order valence-electron chi connectivity index (χ2n) is 7.19. The van der Waals surface area contributed by atoms with E-state index < -0.39 is 12.0 Å². The predicted octanol–water partition coefficient (Wildman–Crippen LogP) is 2.82. The Bertz CT molecular complexity index is 1180. The molecule has 0 fully saturated rings. The van der Waals surface area contributed by atoms with E-state index in [0.717, 1.165) is 45.9 Å². The molecule has 3 heterocycles. The van der Waals surface area contributed by atoms with E-state index in [1.165, 1.54) is 23.2 Å². The number of rotatable bonds is 5. The van der Waals surface area contributed by atoms with Gasteiger partial charge in [-0.2, -0.15) is 0 Å². The van der Waals surface area contributed by atoms with Crippen LogP contribution in [-0.4, -0.2) is 27.0 Å². The smallest absolute Gasteiger partial charge is 0.138 e. The molecule has 0 radical (unpaired) electrons. The van der Waals surface area contributed by atoms with E-state index in [-0.39, 0.29) is 0 Å². The molecule has 7 heteroatoms. The number of hydrogen-bond acceptors (Lipinski definition) is 6. The molecule has 0 bridgehead atoms. The van der Waals surface area contributed by atoms with Gasteiger partial charge >= 0.3 is 0 Å². The third-order valence-electron chi connectivity index (χ3n) is 5.45. The van der Waals surface area contributed by atoms with Crippen LogP contribution < -0.4 is 10.4 Å². The van der Waals surface area contributed by atoms with E-state index in [9.17, 15) is 9.90 Å². The number of carboxylic acids is 1.